The van der Waals surface area contributed by atoms with Gasteiger partial charge in [0.2, 0.25) is 0 Å². The van der Waals surface area contributed by atoms with E-state index in [0.717, 1.165) is 6.42 Å². The molecule has 4 rings (SSSR count). The molecule has 22 heavy (non-hydrogen) atoms. The van der Waals surface area contributed by atoms with E-state index in [1.807, 2.05) is 0 Å². The van der Waals surface area contributed by atoms with Crippen LogP contribution < -0.4 is 4.90 Å². The zero-order valence-corrected chi connectivity index (χ0v) is 12.7. The molecular formula is C21H19N. The highest BCUT2D eigenvalue weighted by molar-refractivity contribution is 5.75. The number of fused-ring (bicyclic) bond motifs is 2. The highest BCUT2D eigenvalue weighted by Gasteiger charge is 2.28. The Morgan fingerprint density at radius 2 is 1.18 bits per heavy atom. The summed E-state index contributed by atoms with van der Waals surface area (Å²) < 4.78 is 0. The smallest absolute Gasteiger partial charge is 0.0447 e. The van der Waals surface area contributed by atoms with E-state index in [0.29, 0.717) is 5.92 Å². The Balaban J connectivity index is 1.85. The van der Waals surface area contributed by atoms with E-state index in [-0.39, 0.29) is 0 Å². The molecule has 3 aromatic carbocycles. The molecule has 1 aliphatic heterocycles. The van der Waals surface area contributed by atoms with Crippen LogP contribution in [0.2, 0.25) is 0 Å². The molecule has 0 aromatic heterocycles. The average Bonchev–Trinajstić information content (AvgIpc) is 2.59. The lowest BCUT2D eigenvalue weighted by atomic mass is 9.81. The number of benzene rings is 3. The minimum Gasteiger partial charge on any atom is -0.344 e. The van der Waals surface area contributed by atoms with Crippen LogP contribution in [-0.4, -0.2) is 7.05 Å². The zero-order chi connectivity index (χ0) is 14.9. The Hall–Kier alpha value is -2.54. The summed E-state index contributed by atoms with van der Waals surface area (Å²) in [6.45, 7) is 0. The Kier molecular flexibility index (Phi) is 3.19. The molecule has 0 amide bonds. The molecule has 1 heteroatoms. The zero-order valence-electron chi connectivity index (χ0n) is 12.7. The van der Waals surface area contributed by atoms with Gasteiger partial charge in [0.15, 0.2) is 0 Å². The molecule has 0 saturated heterocycles. The van der Waals surface area contributed by atoms with Gasteiger partial charge in [-0.3, -0.25) is 0 Å². The molecule has 108 valence electrons. The normalized spacial score (nSPS) is 13.6. The van der Waals surface area contributed by atoms with Gasteiger partial charge in [-0.2, -0.15) is 0 Å². The first-order valence-electron chi connectivity index (χ1n) is 7.80. The van der Waals surface area contributed by atoms with Crippen molar-refractivity contribution in [1.82, 2.24) is 0 Å². The molecule has 0 aliphatic carbocycles. The van der Waals surface area contributed by atoms with Crippen LogP contribution in [0.5, 0.6) is 0 Å². The minimum atomic E-state index is 0.422. The first-order chi connectivity index (χ1) is 10.8. The van der Waals surface area contributed by atoms with Gasteiger partial charge in [-0.25, -0.2) is 0 Å². The third-order valence-electron chi connectivity index (χ3n) is 4.63. The van der Waals surface area contributed by atoms with Crippen LogP contribution in [0.25, 0.3) is 0 Å². The van der Waals surface area contributed by atoms with E-state index < -0.39 is 0 Å². The summed E-state index contributed by atoms with van der Waals surface area (Å²) in [5.41, 5.74) is 6.88. The van der Waals surface area contributed by atoms with Gasteiger partial charge in [-0.1, -0.05) is 66.7 Å². The molecule has 0 atom stereocenters. The van der Waals surface area contributed by atoms with E-state index in [9.17, 15) is 0 Å². The van der Waals surface area contributed by atoms with Gasteiger partial charge in [0.25, 0.3) is 0 Å². The number of anilines is 2. The Morgan fingerprint density at radius 1 is 0.682 bits per heavy atom. The number of hydrogen-bond acceptors (Lipinski definition) is 1. The van der Waals surface area contributed by atoms with Crippen molar-refractivity contribution >= 4 is 11.4 Å². The molecule has 3 aromatic rings. The molecule has 0 spiro atoms. The summed E-state index contributed by atoms with van der Waals surface area (Å²) in [4.78, 5) is 2.31. The van der Waals surface area contributed by atoms with Crippen LogP contribution in [0.1, 0.15) is 22.6 Å². The second kappa shape index (κ2) is 5.34. The quantitative estimate of drug-likeness (QED) is 0.630. The van der Waals surface area contributed by atoms with Gasteiger partial charge in [-0.05, 0) is 35.2 Å². The molecule has 0 unspecified atom stereocenters. The predicted molar refractivity (Wildman–Crippen MR) is 92.9 cm³/mol. The van der Waals surface area contributed by atoms with Gasteiger partial charge in [-0.15, -0.1) is 0 Å². The topological polar surface area (TPSA) is 3.24 Å². The summed E-state index contributed by atoms with van der Waals surface area (Å²) in [6, 6.07) is 28.3. The lowest BCUT2D eigenvalue weighted by molar-refractivity contribution is 0.785. The van der Waals surface area contributed by atoms with E-state index in [1.165, 1.54) is 28.1 Å². The number of hydrogen-bond donors (Lipinski definition) is 0. The second-order valence-electron chi connectivity index (χ2n) is 5.92. The van der Waals surface area contributed by atoms with E-state index in [1.54, 1.807) is 0 Å². The lowest BCUT2D eigenvalue weighted by Gasteiger charge is -2.35. The fourth-order valence-electron chi connectivity index (χ4n) is 3.54. The molecule has 1 aliphatic rings. The van der Waals surface area contributed by atoms with Crippen molar-refractivity contribution in [3.8, 4) is 0 Å². The van der Waals surface area contributed by atoms with Gasteiger partial charge in [0.1, 0.15) is 0 Å². The molecule has 1 nitrogen and oxygen atoms in total. The van der Waals surface area contributed by atoms with Crippen LogP contribution in [0.4, 0.5) is 11.4 Å². The van der Waals surface area contributed by atoms with Crippen LogP contribution in [0.15, 0.2) is 78.9 Å². The molecule has 0 fully saturated rings. The van der Waals surface area contributed by atoms with Crippen molar-refractivity contribution in [3.05, 3.63) is 95.6 Å². The van der Waals surface area contributed by atoms with Crippen LogP contribution in [0.3, 0.4) is 0 Å². The maximum absolute atomic E-state index is 2.31. The Morgan fingerprint density at radius 3 is 1.77 bits per heavy atom. The number of nitrogens with zero attached hydrogens (tertiary/aromatic N) is 1. The predicted octanol–water partition coefficient (Wildman–Crippen LogP) is 5.14. The van der Waals surface area contributed by atoms with Crippen LogP contribution in [-0.2, 0) is 6.42 Å². The van der Waals surface area contributed by atoms with Gasteiger partial charge in [0, 0.05) is 24.3 Å². The van der Waals surface area contributed by atoms with E-state index in [2.05, 4.69) is 90.8 Å². The molecule has 1 heterocycles. The van der Waals surface area contributed by atoms with Crippen molar-refractivity contribution in [2.24, 2.45) is 0 Å². The SMILES string of the molecule is CN1c2ccccc2C(Cc2ccccc2)c2ccccc21. The van der Waals surface area contributed by atoms with E-state index >= 15 is 0 Å². The summed E-state index contributed by atoms with van der Waals surface area (Å²) in [7, 11) is 2.16. The summed E-state index contributed by atoms with van der Waals surface area (Å²) in [5.74, 6) is 0.422. The maximum atomic E-state index is 2.31. The summed E-state index contributed by atoms with van der Waals surface area (Å²) >= 11 is 0. The molecule has 0 N–H and O–H groups in total. The fraction of sp³-hybridized carbons (Fsp3) is 0.143. The van der Waals surface area contributed by atoms with Crippen molar-refractivity contribution in [2.45, 2.75) is 12.3 Å². The number of para-hydroxylation sites is 2. The maximum Gasteiger partial charge on any atom is 0.0447 e. The van der Waals surface area contributed by atoms with Gasteiger partial charge >= 0.3 is 0 Å². The highest BCUT2D eigenvalue weighted by atomic mass is 15.1. The highest BCUT2D eigenvalue weighted by Crippen LogP contribution is 2.45. The van der Waals surface area contributed by atoms with Gasteiger partial charge in [0.05, 0.1) is 0 Å². The lowest BCUT2D eigenvalue weighted by Crippen LogP contribution is -2.22. The van der Waals surface area contributed by atoms with Crippen LogP contribution in [0, 0.1) is 0 Å². The second-order valence-corrected chi connectivity index (χ2v) is 5.92. The third-order valence-corrected chi connectivity index (χ3v) is 4.63. The number of rotatable bonds is 2. The molecule has 0 bridgehead atoms. The Bertz CT molecular complexity index is 744. The molecule has 0 radical (unpaired) electrons. The third kappa shape index (κ3) is 2.10. The average molecular weight is 285 g/mol. The minimum absolute atomic E-state index is 0.422. The summed E-state index contributed by atoms with van der Waals surface area (Å²) in [5, 5.41) is 0. The van der Waals surface area contributed by atoms with Crippen molar-refractivity contribution in [1.29, 1.82) is 0 Å². The van der Waals surface area contributed by atoms with Gasteiger partial charge < -0.3 is 4.90 Å². The standard InChI is InChI=1S/C21H19N/c1-22-20-13-7-5-11-17(20)19(15-16-9-3-2-4-10-16)18-12-6-8-14-21(18)22/h2-14,19H,15H2,1H3. The first kappa shape index (κ1) is 13.1. The molecule has 0 saturated carbocycles. The monoisotopic (exact) mass is 285 g/mol. The van der Waals surface area contributed by atoms with Crippen molar-refractivity contribution < 1.29 is 0 Å². The van der Waals surface area contributed by atoms with Crippen molar-refractivity contribution in [3.63, 3.8) is 0 Å². The molecular weight excluding hydrogens is 266 g/mol. The Labute approximate surface area is 131 Å². The van der Waals surface area contributed by atoms with E-state index in [4.69, 9.17) is 0 Å². The fourth-order valence-corrected chi connectivity index (χ4v) is 3.54. The van der Waals surface area contributed by atoms with Crippen molar-refractivity contribution in [2.75, 3.05) is 11.9 Å². The van der Waals surface area contributed by atoms with Crippen LogP contribution >= 0.6 is 0 Å². The largest absolute Gasteiger partial charge is 0.344 e. The summed E-state index contributed by atoms with van der Waals surface area (Å²) in [6.07, 6.45) is 1.04. The first-order valence-corrected chi connectivity index (χ1v) is 7.80.